The largest absolute Gasteiger partial charge is 0.518 e. The van der Waals surface area contributed by atoms with Crippen molar-refractivity contribution in [2.24, 2.45) is 0 Å². The number of rotatable bonds is 9. The quantitative estimate of drug-likeness (QED) is 0.491. The van der Waals surface area contributed by atoms with Gasteiger partial charge in [-0.1, -0.05) is 12.1 Å². The smallest absolute Gasteiger partial charge is 0.315 e. The molecule has 184 valence electrons. The molecular weight excluding hydrogens is 454 g/mol. The Morgan fingerprint density at radius 1 is 0.912 bits per heavy atom. The molecule has 1 heterocycles. The molecule has 3 rings (SSSR count). The van der Waals surface area contributed by atoms with E-state index in [1.807, 2.05) is 56.0 Å². The second kappa shape index (κ2) is 10.4. The van der Waals surface area contributed by atoms with E-state index in [0.717, 1.165) is 11.1 Å². The van der Waals surface area contributed by atoms with Gasteiger partial charge < -0.3 is 28.3 Å². The van der Waals surface area contributed by atoms with Crippen molar-refractivity contribution < 1.29 is 33.0 Å². The highest BCUT2D eigenvalue weighted by molar-refractivity contribution is 6.71. The van der Waals surface area contributed by atoms with Crippen LogP contribution in [-0.2, 0) is 14.0 Å². The summed E-state index contributed by atoms with van der Waals surface area (Å²) in [5, 5.41) is 0. The summed E-state index contributed by atoms with van der Waals surface area (Å²) in [7, 11) is 4.06. The molecule has 0 spiro atoms. The number of carbonyl (C=O) groups excluding carboxylic acids is 2. The maximum Gasteiger partial charge on any atom is 0.315 e. The van der Waals surface area contributed by atoms with Gasteiger partial charge in [0.15, 0.2) is 11.5 Å². The van der Waals surface area contributed by atoms with Gasteiger partial charge in [-0.15, -0.1) is 0 Å². The Hall–Kier alpha value is -3.20. The highest BCUT2D eigenvalue weighted by Gasteiger charge is 2.43. The van der Waals surface area contributed by atoms with Crippen LogP contribution in [0.25, 0.3) is 0 Å². The van der Waals surface area contributed by atoms with E-state index in [9.17, 15) is 9.59 Å². The first-order valence-corrected chi connectivity index (χ1v) is 14.5. The highest BCUT2D eigenvalue weighted by atomic mass is 28.4. The van der Waals surface area contributed by atoms with Gasteiger partial charge in [-0.05, 0) is 61.5 Å². The van der Waals surface area contributed by atoms with Crippen LogP contribution in [0.1, 0.15) is 30.0 Å². The number of hydrogen-bond donors (Lipinski definition) is 0. The molecule has 1 saturated heterocycles. The Labute approximate surface area is 201 Å². The lowest BCUT2D eigenvalue weighted by Crippen LogP contribution is -2.45. The normalized spacial score (nSPS) is 16.7. The first-order valence-electron chi connectivity index (χ1n) is 11.1. The van der Waals surface area contributed by atoms with Crippen molar-refractivity contribution in [3.8, 4) is 23.0 Å². The summed E-state index contributed by atoms with van der Waals surface area (Å²) in [5.74, 6) is 1.58. The van der Waals surface area contributed by atoms with Crippen LogP contribution in [0.15, 0.2) is 36.4 Å². The summed E-state index contributed by atoms with van der Waals surface area (Å²) in [6.07, 6.45) is 0.668. The van der Waals surface area contributed by atoms with E-state index in [-0.39, 0.29) is 18.3 Å². The highest BCUT2D eigenvalue weighted by Crippen LogP contribution is 2.44. The zero-order valence-electron chi connectivity index (χ0n) is 20.8. The average molecular weight is 488 g/mol. The van der Waals surface area contributed by atoms with E-state index >= 15 is 0 Å². The molecule has 0 N–H and O–H groups in total. The molecule has 0 saturated carbocycles. The molecule has 8 nitrogen and oxygen atoms in total. The monoisotopic (exact) mass is 487 g/mol. The number of amides is 1. The first-order chi connectivity index (χ1) is 16.1. The number of methoxy groups -OCH3 is 4. The van der Waals surface area contributed by atoms with Gasteiger partial charge in [0.05, 0.1) is 34.5 Å². The molecule has 2 aromatic carbocycles. The lowest BCUT2D eigenvalue weighted by Gasteiger charge is -2.34. The molecule has 1 aliphatic rings. The van der Waals surface area contributed by atoms with E-state index in [4.69, 9.17) is 23.4 Å². The molecule has 0 aliphatic carbocycles. The van der Waals surface area contributed by atoms with Crippen molar-refractivity contribution in [1.29, 1.82) is 0 Å². The first kappa shape index (κ1) is 25.4. The molecule has 1 aliphatic heterocycles. The van der Waals surface area contributed by atoms with Crippen LogP contribution in [0.4, 0.5) is 0 Å². The Morgan fingerprint density at radius 2 is 1.50 bits per heavy atom. The Morgan fingerprint density at radius 3 is 1.97 bits per heavy atom. The summed E-state index contributed by atoms with van der Waals surface area (Å²) < 4.78 is 27.7. The molecule has 2 unspecified atom stereocenters. The van der Waals surface area contributed by atoms with Gasteiger partial charge in [0, 0.05) is 6.42 Å². The minimum absolute atomic E-state index is 0.118. The summed E-state index contributed by atoms with van der Waals surface area (Å²) in [6, 6.07) is 9.79. The molecule has 0 bridgehead atoms. The van der Waals surface area contributed by atoms with Crippen molar-refractivity contribution in [3.63, 3.8) is 0 Å². The minimum Gasteiger partial charge on any atom is -0.518 e. The molecule has 0 aromatic heterocycles. The van der Waals surface area contributed by atoms with Crippen molar-refractivity contribution in [3.05, 3.63) is 47.5 Å². The van der Waals surface area contributed by atoms with Gasteiger partial charge in [-0.25, -0.2) is 0 Å². The molecule has 0 radical (unpaired) electrons. The van der Waals surface area contributed by atoms with Crippen LogP contribution in [0.3, 0.4) is 0 Å². The second-order valence-electron chi connectivity index (χ2n) is 9.02. The van der Waals surface area contributed by atoms with E-state index in [1.54, 1.807) is 26.2 Å². The molecular formula is C25H33NO7Si. The third-order valence-electron chi connectivity index (χ3n) is 5.65. The molecule has 34 heavy (non-hydrogen) atoms. The summed E-state index contributed by atoms with van der Waals surface area (Å²) in [6.45, 7) is 5.85. The van der Waals surface area contributed by atoms with E-state index in [2.05, 4.69) is 0 Å². The average Bonchev–Trinajstić information content (AvgIpc) is 3.19. The third-order valence-corrected chi connectivity index (χ3v) is 6.46. The van der Waals surface area contributed by atoms with Crippen LogP contribution < -0.4 is 18.9 Å². The van der Waals surface area contributed by atoms with Crippen LogP contribution in [-0.4, -0.2) is 59.6 Å². The number of ether oxygens (including phenoxy) is 4. The number of nitrogens with zero attached hydrogens (tertiary/aromatic N) is 1. The lowest BCUT2D eigenvalue weighted by atomic mass is 9.95. The number of hydrogen-bond acceptors (Lipinski definition) is 7. The fraction of sp³-hybridized carbons (Fsp3) is 0.440. The zero-order valence-corrected chi connectivity index (χ0v) is 21.8. The Kier molecular flexibility index (Phi) is 7.76. The van der Waals surface area contributed by atoms with Gasteiger partial charge in [-0.3, -0.25) is 9.59 Å². The van der Waals surface area contributed by atoms with E-state index < -0.39 is 20.4 Å². The van der Waals surface area contributed by atoms with Gasteiger partial charge in [0.1, 0.15) is 11.8 Å². The number of likely N-dealkylation sites (tertiary alicyclic amines) is 1. The van der Waals surface area contributed by atoms with Crippen molar-refractivity contribution in [2.45, 2.75) is 44.6 Å². The van der Waals surface area contributed by atoms with Gasteiger partial charge in [0.25, 0.3) is 0 Å². The predicted octanol–water partition coefficient (Wildman–Crippen LogP) is 4.18. The maximum absolute atomic E-state index is 13.2. The lowest BCUT2D eigenvalue weighted by molar-refractivity contribution is -0.145. The SMILES string of the molecule is COc1ccc(C(c2cc(OC)c(OC)c(OC)c2)N2C(=O)CCC2C(=O)O[Si](C)(C)C)cc1. The van der Waals surface area contributed by atoms with Gasteiger partial charge in [0.2, 0.25) is 20.0 Å². The zero-order chi connectivity index (χ0) is 25.0. The van der Waals surface area contributed by atoms with Crippen molar-refractivity contribution in [1.82, 2.24) is 4.90 Å². The fourth-order valence-corrected chi connectivity index (χ4v) is 4.93. The topological polar surface area (TPSA) is 83.5 Å². The second-order valence-corrected chi connectivity index (χ2v) is 13.5. The molecule has 2 aromatic rings. The predicted molar refractivity (Wildman–Crippen MR) is 130 cm³/mol. The van der Waals surface area contributed by atoms with Crippen LogP contribution in [0.5, 0.6) is 23.0 Å². The Bertz CT molecular complexity index is 1010. The van der Waals surface area contributed by atoms with Gasteiger partial charge in [-0.2, -0.15) is 0 Å². The number of benzene rings is 2. The summed E-state index contributed by atoms with van der Waals surface area (Å²) in [5.41, 5.74) is 1.54. The van der Waals surface area contributed by atoms with Crippen LogP contribution in [0, 0.1) is 0 Å². The van der Waals surface area contributed by atoms with Gasteiger partial charge >= 0.3 is 5.97 Å². The van der Waals surface area contributed by atoms with Crippen LogP contribution >= 0.6 is 0 Å². The standard InChI is InChI=1S/C25H33NO7Si/c1-29-18-10-8-16(9-11-18)23(17-14-20(30-2)24(32-4)21(15-17)31-3)26-19(12-13-22(26)27)25(28)33-34(5,6)7/h8-11,14-15,19,23H,12-13H2,1-7H3. The molecule has 9 heteroatoms. The van der Waals surface area contributed by atoms with Crippen molar-refractivity contribution >= 4 is 20.2 Å². The number of carbonyl (C=O) groups is 2. The van der Waals surface area contributed by atoms with E-state index in [0.29, 0.717) is 29.4 Å². The molecule has 2 atom stereocenters. The summed E-state index contributed by atoms with van der Waals surface area (Å²) in [4.78, 5) is 28.0. The molecule has 1 amide bonds. The molecule has 1 fully saturated rings. The maximum atomic E-state index is 13.2. The minimum atomic E-state index is -2.15. The van der Waals surface area contributed by atoms with Crippen molar-refractivity contribution in [2.75, 3.05) is 28.4 Å². The third kappa shape index (κ3) is 5.30. The fourth-order valence-electron chi connectivity index (χ4n) is 4.19. The van der Waals surface area contributed by atoms with Crippen LogP contribution in [0.2, 0.25) is 19.6 Å². The Balaban J connectivity index is 2.18. The van der Waals surface area contributed by atoms with E-state index in [1.165, 1.54) is 7.11 Å². The summed E-state index contributed by atoms with van der Waals surface area (Å²) >= 11 is 0.